The van der Waals surface area contributed by atoms with E-state index in [4.69, 9.17) is 11.6 Å². The summed E-state index contributed by atoms with van der Waals surface area (Å²) in [4.78, 5) is 15.8. The largest absolute Gasteiger partial charge is 0.491 e. The number of anilines is 2. The van der Waals surface area contributed by atoms with Gasteiger partial charge in [-0.1, -0.05) is 24.6 Å². The maximum atomic E-state index is 11.9. The Morgan fingerprint density at radius 2 is 2.24 bits per heavy atom. The molecule has 0 aliphatic carbocycles. The van der Waals surface area contributed by atoms with Crippen LogP contribution in [-0.4, -0.2) is 26.4 Å². The van der Waals surface area contributed by atoms with Crippen molar-refractivity contribution in [3.8, 4) is 5.88 Å². The molecule has 1 heterocycles. The van der Waals surface area contributed by atoms with Gasteiger partial charge in [0.15, 0.2) is 0 Å². The minimum absolute atomic E-state index is 0.0950. The number of rotatable bonds is 4. The predicted octanol–water partition coefficient (Wildman–Crippen LogP) is 3.54. The van der Waals surface area contributed by atoms with Crippen molar-refractivity contribution in [1.29, 1.82) is 0 Å². The number of halogens is 1. The van der Waals surface area contributed by atoms with Gasteiger partial charge in [-0.15, -0.1) is 11.8 Å². The van der Waals surface area contributed by atoms with Gasteiger partial charge in [-0.2, -0.15) is 4.98 Å². The van der Waals surface area contributed by atoms with Crippen LogP contribution in [0.5, 0.6) is 5.88 Å². The number of benzene rings is 1. The van der Waals surface area contributed by atoms with E-state index >= 15 is 0 Å². The van der Waals surface area contributed by atoms with Gasteiger partial charge in [0, 0.05) is 17.8 Å². The van der Waals surface area contributed by atoms with Crippen molar-refractivity contribution < 1.29 is 9.90 Å². The minimum atomic E-state index is -0.460. The first kappa shape index (κ1) is 15.5. The van der Waals surface area contributed by atoms with Crippen LogP contribution in [0.3, 0.4) is 0 Å². The van der Waals surface area contributed by atoms with E-state index in [-0.39, 0.29) is 11.8 Å². The lowest BCUT2D eigenvalue weighted by atomic mass is 10.3. The third-order valence-electron chi connectivity index (χ3n) is 2.61. The van der Waals surface area contributed by atoms with Gasteiger partial charge in [-0.3, -0.25) is 5.32 Å². The molecule has 1 aromatic heterocycles. The second-order valence-corrected chi connectivity index (χ2v) is 5.83. The smallest absolute Gasteiger partial charge is 0.326 e. The number of nitrogens with zero attached hydrogens (tertiary/aromatic N) is 2. The molecule has 1 aromatic carbocycles. The van der Waals surface area contributed by atoms with Crippen molar-refractivity contribution in [2.45, 2.75) is 11.9 Å². The first-order valence-corrected chi connectivity index (χ1v) is 7.59. The molecule has 112 valence electrons. The molecule has 0 bridgehead atoms. The highest BCUT2D eigenvalue weighted by Gasteiger charge is 2.15. The monoisotopic (exact) mass is 326 g/mol. The molecule has 2 amide bonds. The highest BCUT2D eigenvalue weighted by molar-refractivity contribution is 7.99. The number of hydrogen-bond acceptors (Lipinski definition) is 4. The second kappa shape index (κ2) is 6.73. The summed E-state index contributed by atoms with van der Waals surface area (Å²) in [6.07, 6.45) is 0. The number of imidazole rings is 1. The lowest BCUT2D eigenvalue weighted by Crippen LogP contribution is -2.21. The zero-order valence-electron chi connectivity index (χ0n) is 11.6. The Morgan fingerprint density at radius 1 is 1.48 bits per heavy atom. The van der Waals surface area contributed by atoms with Crippen LogP contribution in [0.15, 0.2) is 29.3 Å². The Bertz CT molecular complexity index is 660. The molecule has 0 atom stereocenters. The maximum Gasteiger partial charge on any atom is 0.326 e. The number of carbonyl (C=O) groups is 1. The number of carbonyl (C=O) groups excluding carboxylic acids is 1. The summed E-state index contributed by atoms with van der Waals surface area (Å²) in [6, 6.07) is 6.35. The normalized spacial score (nSPS) is 10.4. The van der Waals surface area contributed by atoms with E-state index in [0.29, 0.717) is 15.7 Å². The summed E-state index contributed by atoms with van der Waals surface area (Å²) in [6.45, 7) is 1.97. The maximum absolute atomic E-state index is 11.9. The van der Waals surface area contributed by atoms with E-state index in [2.05, 4.69) is 15.6 Å². The molecular weight excluding hydrogens is 312 g/mol. The van der Waals surface area contributed by atoms with Crippen LogP contribution in [0.25, 0.3) is 0 Å². The summed E-state index contributed by atoms with van der Waals surface area (Å²) >= 11 is 7.29. The number of aromatic hydroxyl groups is 1. The SMILES string of the molecule is CCSc1c(O)nc(NC(=O)Nc2cccc(Cl)c2)n1C. The number of amides is 2. The first-order chi connectivity index (χ1) is 10.0. The quantitative estimate of drug-likeness (QED) is 0.751. The highest BCUT2D eigenvalue weighted by Crippen LogP contribution is 2.30. The first-order valence-electron chi connectivity index (χ1n) is 6.23. The van der Waals surface area contributed by atoms with E-state index in [1.54, 1.807) is 35.9 Å². The van der Waals surface area contributed by atoms with Crippen LogP contribution in [0.4, 0.5) is 16.4 Å². The zero-order valence-corrected chi connectivity index (χ0v) is 13.1. The van der Waals surface area contributed by atoms with E-state index in [9.17, 15) is 9.90 Å². The number of thioether (sulfide) groups is 1. The lowest BCUT2D eigenvalue weighted by Gasteiger charge is -2.08. The van der Waals surface area contributed by atoms with Crippen LogP contribution in [0.2, 0.25) is 5.02 Å². The topological polar surface area (TPSA) is 79.2 Å². The molecule has 0 aliphatic rings. The van der Waals surface area contributed by atoms with Gasteiger partial charge in [-0.25, -0.2) is 4.79 Å². The van der Waals surface area contributed by atoms with Gasteiger partial charge < -0.3 is 15.0 Å². The molecule has 0 aliphatic heterocycles. The number of urea groups is 1. The van der Waals surface area contributed by atoms with Crippen LogP contribution in [0.1, 0.15) is 6.92 Å². The van der Waals surface area contributed by atoms with Gasteiger partial charge in [-0.05, 0) is 24.0 Å². The molecule has 0 radical (unpaired) electrons. The van der Waals surface area contributed by atoms with Crippen LogP contribution in [0, 0.1) is 0 Å². The van der Waals surface area contributed by atoms with Gasteiger partial charge in [0.25, 0.3) is 0 Å². The van der Waals surface area contributed by atoms with E-state index in [0.717, 1.165) is 5.75 Å². The molecule has 0 saturated heterocycles. The van der Waals surface area contributed by atoms with Crippen LogP contribution in [-0.2, 0) is 7.05 Å². The molecular formula is C13H15ClN4O2S. The summed E-state index contributed by atoms with van der Waals surface area (Å²) < 4.78 is 1.63. The van der Waals surface area contributed by atoms with E-state index in [1.807, 2.05) is 6.92 Å². The number of nitrogens with one attached hydrogen (secondary N) is 2. The van der Waals surface area contributed by atoms with Crippen molar-refractivity contribution in [2.75, 3.05) is 16.4 Å². The average molecular weight is 327 g/mol. The fourth-order valence-corrected chi connectivity index (χ4v) is 2.63. The van der Waals surface area contributed by atoms with Crippen molar-refractivity contribution in [1.82, 2.24) is 9.55 Å². The van der Waals surface area contributed by atoms with Crippen molar-refractivity contribution in [2.24, 2.45) is 7.05 Å². The highest BCUT2D eigenvalue weighted by atomic mass is 35.5. The fraction of sp³-hybridized carbons (Fsp3) is 0.231. The lowest BCUT2D eigenvalue weighted by molar-refractivity contribution is 0.262. The van der Waals surface area contributed by atoms with Crippen molar-refractivity contribution in [3.63, 3.8) is 0 Å². The molecule has 21 heavy (non-hydrogen) atoms. The van der Waals surface area contributed by atoms with Gasteiger partial charge >= 0.3 is 6.03 Å². The molecule has 2 rings (SSSR count). The van der Waals surface area contributed by atoms with Crippen LogP contribution >= 0.6 is 23.4 Å². The molecule has 2 aromatic rings. The molecule has 0 saturated carbocycles. The fourth-order valence-electron chi connectivity index (χ4n) is 1.71. The summed E-state index contributed by atoms with van der Waals surface area (Å²) in [7, 11) is 1.72. The minimum Gasteiger partial charge on any atom is -0.491 e. The van der Waals surface area contributed by atoms with Crippen molar-refractivity contribution >= 4 is 41.0 Å². The number of hydrogen-bond donors (Lipinski definition) is 3. The molecule has 8 heteroatoms. The predicted molar refractivity (Wildman–Crippen MR) is 85.4 cm³/mol. The Hall–Kier alpha value is -1.86. The summed E-state index contributed by atoms with van der Waals surface area (Å²) in [5, 5.41) is 16.1. The van der Waals surface area contributed by atoms with E-state index in [1.165, 1.54) is 11.8 Å². The van der Waals surface area contributed by atoms with Gasteiger partial charge in [0.2, 0.25) is 11.8 Å². The Labute approximate surface area is 131 Å². The van der Waals surface area contributed by atoms with E-state index < -0.39 is 6.03 Å². The molecule has 0 spiro atoms. The average Bonchev–Trinajstić information content (AvgIpc) is 2.67. The Balaban J connectivity index is 2.08. The Kier molecular flexibility index (Phi) is 4.98. The van der Waals surface area contributed by atoms with Crippen LogP contribution < -0.4 is 10.6 Å². The number of aromatic nitrogens is 2. The summed E-state index contributed by atoms with van der Waals surface area (Å²) in [5.74, 6) is 0.965. The molecule has 3 N–H and O–H groups in total. The molecule has 6 nitrogen and oxygen atoms in total. The van der Waals surface area contributed by atoms with Crippen molar-refractivity contribution in [3.05, 3.63) is 29.3 Å². The third kappa shape index (κ3) is 3.83. The summed E-state index contributed by atoms with van der Waals surface area (Å²) in [5.41, 5.74) is 0.571. The van der Waals surface area contributed by atoms with Gasteiger partial charge in [0.05, 0.1) is 0 Å². The van der Waals surface area contributed by atoms with Gasteiger partial charge in [0.1, 0.15) is 5.03 Å². The standard InChI is InChI=1S/C13H15ClN4O2S/c1-3-21-11-10(19)16-12(18(11)2)17-13(20)15-9-6-4-5-8(14)7-9/h4-7,19H,3H2,1-2H3,(H2,15,16,17,20). The zero-order chi connectivity index (χ0) is 15.4. The second-order valence-electron chi connectivity index (χ2n) is 4.15. The third-order valence-corrected chi connectivity index (χ3v) is 3.87. The molecule has 0 fully saturated rings. The Morgan fingerprint density at radius 3 is 2.90 bits per heavy atom. The molecule has 0 unspecified atom stereocenters.